The normalized spacial score (nSPS) is 10.8. The summed E-state index contributed by atoms with van der Waals surface area (Å²) < 4.78 is 8.14. The van der Waals surface area contributed by atoms with Gasteiger partial charge < -0.3 is 10.5 Å². The molecular weight excluding hydrogens is 284 g/mol. The standard InChI is InChI=1S/C11H13BrN4O/c1-7(2)16-6-9(5-15-16)17-11-10(12)3-8(13)4-14-11/h3-7H,13H2,1-2H3. The zero-order valence-electron chi connectivity index (χ0n) is 9.59. The third-order valence-electron chi connectivity index (χ3n) is 2.15. The van der Waals surface area contributed by atoms with Gasteiger partial charge in [-0.3, -0.25) is 4.68 Å². The number of hydrogen-bond donors (Lipinski definition) is 1. The predicted molar refractivity (Wildman–Crippen MR) is 69.0 cm³/mol. The fourth-order valence-corrected chi connectivity index (χ4v) is 1.73. The minimum absolute atomic E-state index is 0.301. The zero-order valence-corrected chi connectivity index (χ0v) is 11.2. The van der Waals surface area contributed by atoms with E-state index in [0.717, 1.165) is 4.47 Å². The molecule has 0 radical (unpaired) electrons. The van der Waals surface area contributed by atoms with Gasteiger partial charge >= 0.3 is 0 Å². The van der Waals surface area contributed by atoms with Crippen molar-refractivity contribution in [1.29, 1.82) is 0 Å². The highest BCUT2D eigenvalue weighted by Crippen LogP contribution is 2.28. The Morgan fingerprint density at radius 2 is 2.18 bits per heavy atom. The third-order valence-corrected chi connectivity index (χ3v) is 2.72. The van der Waals surface area contributed by atoms with Crippen LogP contribution in [0.2, 0.25) is 0 Å². The molecule has 6 heteroatoms. The molecule has 0 aliphatic rings. The Morgan fingerprint density at radius 1 is 1.41 bits per heavy atom. The van der Waals surface area contributed by atoms with Gasteiger partial charge in [0.2, 0.25) is 5.88 Å². The van der Waals surface area contributed by atoms with E-state index in [1.54, 1.807) is 18.5 Å². The van der Waals surface area contributed by atoms with Gasteiger partial charge in [0.05, 0.1) is 28.8 Å². The number of pyridine rings is 1. The molecule has 0 amide bonds. The third kappa shape index (κ3) is 2.76. The summed E-state index contributed by atoms with van der Waals surface area (Å²) in [6.07, 6.45) is 5.03. The monoisotopic (exact) mass is 296 g/mol. The van der Waals surface area contributed by atoms with Crippen molar-refractivity contribution in [3.05, 3.63) is 29.1 Å². The molecule has 5 nitrogen and oxygen atoms in total. The van der Waals surface area contributed by atoms with Crippen LogP contribution in [0.25, 0.3) is 0 Å². The van der Waals surface area contributed by atoms with Crippen molar-refractivity contribution >= 4 is 21.6 Å². The molecule has 0 atom stereocenters. The lowest BCUT2D eigenvalue weighted by Gasteiger charge is -2.05. The largest absolute Gasteiger partial charge is 0.435 e. The van der Waals surface area contributed by atoms with Gasteiger partial charge in [-0.1, -0.05) is 0 Å². The number of hydrogen-bond acceptors (Lipinski definition) is 4. The van der Waals surface area contributed by atoms with Gasteiger partial charge in [0, 0.05) is 6.04 Å². The summed E-state index contributed by atoms with van der Waals surface area (Å²) in [7, 11) is 0. The quantitative estimate of drug-likeness (QED) is 0.945. The first-order valence-corrected chi connectivity index (χ1v) is 5.98. The van der Waals surface area contributed by atoms with E-state index in [-0.39, 0.29) is 0 Å². The van der Waals surface area contributed by atoms with Crippen molar-refractivity contribution in [2.45, 2.75) is 19.9 Å². The van der Waals surface area contributed by atoms with E-state index in [4.69, 9.17) is 10.5 Å². The van der Waals surface area contributed by atoms with E-state index < -0.39 is 0 Å². The van der Waals surface area contributed by atoms with Gasteiger partial charge in [0.1, 0.15) is 0 Å². The van der Waals surface area contributed by atoms with Crippen LogP contribution in [-0.2, 0) is 0 Å². The minimum atomic E-state index is 0.301. The molecule has 90 valence electrons. The van der Waals surface area contributed by atoms with E-state index in [0.29, 0.717) is 23.4 Å². The molecule has 2 N–H and O–H groups in total. The van der Waals surface area contributed by atoms with Crippen LogP contribution in [0.5, 0.6) is 11.6 Å². The number of halogens is 1. The van der Waals surface area contributed by atoms with Crippen LogP contribution < -0.4 is 10.5 Å². The van der Waals surface area contributed by atoms with Crippen molar-refractivity contribution in [3.63, 3.8) is 0 Å². The smallest absolute Gasteiger partial charge is 0.233 e. The first kappa shape index (κ1) is 11.9. The van der Waals surface area contributed by atoms with E-state index in [9.17, 15) is 0 Å². The Bertz CT molecular complexity index is 524. The predicted octanol–water partition coefficient (Wildman–Crippen LogP) is 3.00. The number of nitrogens with zero attached hydrogens (tertiary/aromatic N) is 3. The first-order valence-electron chi connectivity index (χ1n) is 5.19. The summed E-state index contributed by atoms with van der Waals surface area (Å²) in [5, 5.41) is 4.18. The molecule has 0 saturated heterocycles. The highest BCUT2D eigenvalue weighted by atomic mass is 79.9. The summed E-state index contributed by atoms with van der Waals surface area (Å²) in [4.78, 5) is 4.10. The average Bonchev–Trinajstić information content (AvgIpc) is 2.71. The molecule has 2 rings (SSSR count). The molecule has 0 aliphatic carbocycles. The lowest BCUT2D eigenvalue weighted by Crippen LogP contribution is -1.99. The number of aromatic nitrogens is 3. The second kappa shape index (κ2) is 4.75. The molecule has 0 bridgehead atoms. The number of rotatable bonds is 3. The van der Waals surface area contributed by atoms with Crippen LogP contribution in [0.4, 0.5) is 5.69 Å². The highest BCUT2D eigenvalue weighted by Gasteiger charge is 2.07. The van der Waals surface area contributed by atoms with Crippen molar-refractivity contribution in [3.8, 4) is 11.6 Å². The number of nitrogen functional groups attached to an aromatic ring is 1. The number of ether oxygens (including phenoxy) is 1. The average molecular weight is 297 g/mol. The Balaban J connectivity index is 2.19. The Morgan fingerprint density at radius 3 is 2.76 bits per heavy atom. The van der Waals surface area contributed by atoms with Crippen LogP contribution in [0.1, 0.15) is 19.9 Å². The van der Waals surface area contributed by atoms with Crippen molar-refractivity contribution in [2.24, 2.45) is 0 Å². The fourth-order valence-electron chi connectivity index (χ4n) is 1.28. The summed E-state index contributed by atoms with van der Waals surface area (Å²) in [5.74, 6) is 1.12. The van der Waals surface area contributed by atoms with E-state index in [2.05, 4.69) is 26.0 Å². The van der Waals surface area contributed by atoms with Gasteiger partial charge in [0.15, 0.2) is 5.75 Å². The Hall–Kier alpha value is -1.56. The molecule has 2 aromatic heterocycles. The van der Waals surface area contributed by atoms with Crippen LogP contribution in [0, 0.1) is 0 Å². The molecule has 2 aromatic rings. The minimum Gasteiger partial charge on any atom is -0.435 e. The van der Waals surface area contributed by atoms with E-state index in [1.807, 2.05) is 24.7 Å². The fraction of sp³-hybridized carbons (Fsp3) is 0.273. The van der Waals surface area contributed by atoms with E-state index in [1.165, 1.54) is 0 Å². The maximum absolute atomic E-state index is 5.60. The molecule has 0 fully saturated rings. The van der Waals surface area contributed by atoms with Gasteiger partial charge in [-0.15, -0.1) is 0 Å². The number of nitrogens with two attached hydrogens (primary N) is 1. The second-order valence-electron chi connectivity index (χ2n) is 3.91. The first-order chi connectivity index (χ1) is 8.06. The molecule has 0 unspecified atom stereocenters. The molecule has 0 aliphatic heterocycles. The lowest BCUT2D eigenvalue weighted by atomic mass is 10.4. The molecule has 17 heavy (non-hydrogen) atoms. The van der Waals surface area contributed by atoms with Crippen LogP contribution >= 0.6 is 15.9 Å². The van der Waals surface area contributed by atoms with Gasteiger partial charge in [-0.05, 0) is 35.8 Å². The van der Waals surface area contributed by atoms with Gasteiger partial charge in [-0.2, -0.15) is 5.10 Å². The lowest BCUT2D eigenvalue weighted by molar-refractivity contribution is 0.456. The summed E-state index contributed by atoms with van der Waals surface area (Å²) in [6, 6.07) is 2.05. The van der Waals surface area contributed by atoms with Gasteiger partial charge in [0.25, 0.3) is 0 Å². The molecular formula is C11H13BrN4O. The van der Waals surface area contributed by atoms with Crippen LogP contribution in [0.3, 0.4) is 0 Å². The Kier molecular flexibility index (Phi) is 3.33. The second-order valence-corrected chi connectivity index (χ2v) is 4.76. The maximum Gasteiger partial charge on any atom is 0.233 e. The molecule has 0 saturated carbocycles. The Labute approximate surface area is 108 Å². The number of anilines is 1. The van der Waals surface area contributed by atoms with Crippen molar-refractivity contribution < 1.29 is 4.74 Å². The molecule has 0 spiro atoms. The maximum atomic E-state index is 5.60. The highest BCUT2D eigenvalue weighted by molar-refractivity contribution is 9.10. The van der Waals surface area contributed by atoms with Crippen molar-refractivity contribution in [2.75, 3.05) is 5.73 Å². The van der Waals surface area contributed by atoms with E-state index >= 15 is 0 Å². The summed E-state index contributed by atoms with van der Waals surface area (Å²) >= 11 is 3.35. The topological polar surface area (TPSA) is 66.0 Å². The van der Waals surface area contributed by atoms with Gasteiger partial charge in [-0.25, -0.2) is 4.98 Å². The van der Waals surface area contributed by atoms with Crippen LogP contribution in [-0.4, -0.2) is 14.8 Å². The zero-order chi connectivity index (χ0) is 12.4. The van der Waals surface area contributed by atoms with Crippen molar-refractivity contribution in [1.82, 2.24) is 14.8 Å². The molecule has 0 aromatic carbocycles. The SMILES string of the molecule is CC(C)n1cc(Oc2ncc(N)cc2Br)cn1. The summed E-state index contributed by atoms with van der Waals surface area (Å²) in [6.45, 7) is 4.10. The molecule has 2 heterocycles. The van der Waals surface area contributed by atoms with Crippen LogP contribution in [0.15, 0.2) is 29.1 Å². The summed E-state index contributed by atoms with van der Waals surface area (Å²) in [5.41, 5.74) is 6.19.